The topological polar surface area (TPSA) is 157 Å². The lowest BCUT2D eigenvalue weighted by Gasteiger charge is -2.28. The Hall–Kier alpha value is -4.74. The van der Waals surface area contributed by atoms with E-state index in [1.54, 1.807) is 11.8 Å². The van der Waals surface area contributed by atoms with E-state index in [2.05, 4.69) is 37.5 Å². The Labute approximate surface area is 383 Å². The molecule has 12 heteroatoms. The van der Waals surface area contributed by atoms with Gasteiger partial charge in [0.2, 0.25) is 34.9 Å². The summed E-state index contributed by atoms with van der Waals surface area (Å²) in [5.74, 6) is -0.877. The molecule has 0 aromatic heterocycles. The zero-order valence-electron chi connectivity index (χ0n) is 40.3. The van der Waals surface area contributed by atoms with Gasteiger partial charge in [-0.2, -0.15) is 0 Å². The molecule has 1 heterocycles. The molecular weight excluding hydrogens is 811 g/mol. The van der Waals surface area contributed by atoms with Crippen LogP contribution in [0.2, 0.25) is 0 Å². The number of nitrogens with one attached hydrogen (secondary N) is 2. The van der Waals surface area contributed by atoms with Crippen molar-refractivity contribution in [1.29, 1.82) is 0 Å². The molecule has 1 aliphatic heterocycles. The maximum Gasteiger partial charge on any atom is 0.407 e. The van der Waals surface area contributed by atoms with E-state index in [4.69, 9.17) is 14.2 Å². The SMILES string of the molecule is COC1=C(OC)C(=O)C(CCCCCCCCCCOC(=O)NCCCC[C@H](CC(=O)[C@@H]2CCCN2C(=O)[C@H](/C=C/[C@@H](C)CC(C)C)Cc2ccccc2)C(=O)NC(C)C)=C(C)C1=O. The molecule has 356 valence electrons. The zero-order chi connectivity index (χ0) is 47.0. The Morgan fingerprint density at radius 2 is 1.45 bits per heavy atom. The maximum atomic E-state index is 14.2. The molecule has 1 fully saturated rings. The molecule has 1 aromatic carbocycles. The van der Waals surface area contributed by atoms with Crippen molar-refractivity contribution in [2.45, 2.75) is 163 Å². The molecule has 3 amide bonds. The molecule has 0 bridgehead atoms. The monoisotopic (exact) mass is 890 g/mol. The molecule has 0 unspecified atom stereocenters. The van der Waals surface area contributed by atoms with Gasteiger partial charge in [0.25, 0.3) is 0 Å². The highest BCUT2D eigenvalue weighted by Gasteiger charge is 2.38. The lowest BCUT2D eigenvalue weighted by Crippen LogP contribution is -2.45. The summed E-state index contributed by atoms with van der Waals surface area (Å²) in [5, 5.41) is 5.80. The number of ether oxygens (including phenoxy) is 3. The highest BCUT2D eigenvalue weighted by molar-refractivity contribution is 6.23. The van der Waals surface area contributed by atoms with E-state index in [0.29, 0.717) is 81.2 Å². The molecule has 0 saturated carbocycles. The second-order valence-electron chi connectivity index (χ2n) is 18.5. The van der Waals surface area contributed by atoms with Crippen LogP contribution in [-0.4, -0.2) is 86.2 Å². The first-order valence-electron chi connectivity index (χ1n) is 24.1. The van der Waals surface area contributed by atoms with Gasteiger partial charge in [-0.1, -0.05) is 108 Å². The third kappa shape index (κ3) is 18.0. The summed E-state index contributed by atoms with van der Waals surface area (Å²) >= 11 is 0. The number of benzene rings is 1. The highest BCUT2D eigenvalue weighted by atomic mass is 16.5. The van der Waals surface area contributed by atoms with E-state index in [9.17, 15) is 28.8 Å². The van der Waals surface area contributed by atoms with E-state index < -0.39 is 18.1 Å². The van der Waals surface area contributed by atoms with Crippen LogP contribution in [-0.2, 0) is 44.6 Å². The number of hydrogen-bond donors (Lipinski definition) is 2. The van der Waals surface area contributed by atoms with Crippen molar-refractivity contribution in [3.63, 3.8) is 0 Å². The van der Waals surface area contributed by atoms with Crippen molar-refractivity contribution in [1.82, 2.24) is 15.5 Å². The van der Waals surface area contributed by atoms with Crippen molar-refractivity contribution < 1.29 is 43.0 Å². The van der Waals surface area contributed by atoms with Gasteiger partial charge < -0.3 is 29.7 Å². The van der Waals surface area contributed by atoms with Crippen molar-refractivity contribution in [3.05, 3.63) is 70.7 Å². The van der Waals surface area contributed by atoms with Gasteiger partial charge in [-0.25, -0.2) is 4.79 Å². The van der Waals surface area contributed by atoms with Gasteiger partial charge in [0.05, 0.1) is 32.8 Å². The smallest absolute Gasteiger partial charge is 0.407 e. The Bertz CT molecular complexity index is 1770. The molecule has 64 heavy (non-hydrogen) atoms. The molecule has 0 radical (unpaired) electrons. The van der Waals surface area contributed by atoms with Crippen molar-refractivity contribution in [2.24, 2.45) is 23.7 Å². The summed E-state index contributed by atoms with van der Waals surface area (Å²) in [7, 11) is 2.73. The minimum Gasteiger partial charge on any atom is -0.489 e. The van der Waals surface area contributed by atoms with Gasteiger partial charge in [0.1, 0.15) is 0 Å². The second kappa shape index (κ2) is 28.9. The molecule has 0 spiro atoms. The van der Waals surface area contributed by atoms with Crippen LogP contribution in [0, 0.1) is 23.7 Å². The molecule has 2 aliphatic rings. The summed E-state index contributed by atoms with van der Waals surface area (Å²) in [6.45, 7) is 13.3. The number of amides is 3. The Kier molecular flexibility index (Phi) is 24.2. The van der Waals surface area contributed by atoms with Crippen LogP contribution in [0.1, 0.15) is 150 Å². The average molecular weight is 890 g/mol. The maximum absolute atomic E-state index is 14.2. The second-order valence-corrected chi connectivity index (χ2v) is 18.5. The summed E-state index contributed by atoms with van der Waals surface area (Å²) < 4.78 is 15.7. The van der Waals surface area contributed by atoms with Gasteiger partial charge >= 0.3 is 6.09 Å². The quantitative estimate of drug-likeness (QED) is 0.0436. The van der Waals surface area contributed by atoms with Gasteiger partial charge in [-0.05, 0) is 96.0 Å². The van der Waals surface area contributed by atoms with Crippen LogP contribution in [0.25, 0.3) is 0 Å². The van der Waals surface area contributed by atoms with Crippen molar-refractivity contribution in [2.75, 3.05) is 33.9 Å². The molecule has 1 saturated heterocycles. The third-order valence-electron chi connectivity index (χ3n) is 12.2. The van der Waals surface area contributed by atoms with E-state index in [0.717, 1.165) is 69.8 Å². The first-order chi connectivity index (χ1) is 30.7. The van der Waals surface area contributed by atoms with Crippen molar-refractivity contribution >= 4 is 35.3 Å². The van der Waals surface area contributed by atoms with E-state index in [1.807, 2.05) is 50.3 Å². The standard InChI is InChI=1S/C52H79N3O9/c1-36(2)33-38(5)28-29-42(34-40-23-16-15-17-24-40)51(60)55-31-22-27-44(55)45(56)35-41(50(59)54-37(3)4)25-19-20-30-53-52(61)64-32-21-14-12-10-9-11-13-18-26-43-39(6)46(57)48(62-7)49(63-8)47(43)58/h15-17,23-24,28-29,36-38,41-42,44H,9-14,18-22,25-27,30-35H2,1-8H3,(H,53,61)(H,54,59)/b29-28+/t38-,41-,42-,44+/m1/s1. The summed E-state index contributed by atoms with van der Waals surface area (Å²) in [6.07, 6.45) is 16.8. The van der Waals surface area contributed by atoms with Crippen LogP contribution in [0.15, 0.2) is 65.1 Å². The Balaban J connectivity index is 1.36. The Morgan fingerprint density at radius 1 is 0.812 bits per heavy atom. The lowest BCUT2D eigenvalue weighted by molar-refractivity contribution is -0.140. The molecule has 4 atom stereocenters. The van der Waals surface area contributed by atoms with Gasteiger partial charge in [-0.3, -0.25) is 24.0 Å². The molecular formula is C52H79N3O9. The molecule has 1 aromatic rings. The van der Waals surface area contributed by atoms with Gasteiger partial charge in [-0.15, -0.1) is 0 Å². The molecule has 1 aliphatic carbocycles. The number of likely N-dealkylation sites (tertiary alicyclic amines) is 1. The fourth-order valence-corrected chi connectivity index (χ4v) is 8.82. The van der Waals surface area contributed by atoms with E-state index in [-0.39, 0.29) is 59.1 Å². The average Bonchev–Trinajstić information content (AvgIpc) is 3.76. The largest absolute Gasteiger partial charge is 0.489 e. The number of allylic oxidation sites excluding steroid dienone is 3. The van der Waals surface area contributed by atoms with Crippen LogP contribution in [0.3, 0.4) is 0 Å². The number of hydrogen-bond acceptors (Lipinski definition) is 9. The van der Waals surface area contributed by atoms with Crippen molar-refractivity contribution in [3.8, 4) is 0 Å². The van der Waals surface area contributed by atoms with Crippen LogP contribution < -0.4 is 10.6 Å². The number of nitrogens with zero attached hydrogens (tertiary/aromatic N) is 1. The molecule has 12 nitrogen and oxygen atoms in total. The summed E-state index contributed by atoms with van der Waals surface area (Å²) in [5.41, 5.74) is 2.02. The Morgan fingerprint density at radius 3 is 2.09 bits per heavy atom. The highest BCUT2D eigenvalue weighted by Crippen LogP contribution is 2.30. The summed E-state index contributed by atoms with van der Waals surface area (Å²) in [6, 6.07) is 9.40. The number of methoxy groups -OCH3 is 2. The fraction of sp³-hybridized carbons (Fsp3) is 0.654. The predicted octanol–water partition coefficient (Wildman–Crippen LogP) is 9.55. The van der Waals surface area contributed by atoms with Crippen LogP contribution >= 0.6 is 0 Å². The first-order valence-corrected chi connectivity index (χ1v) is 24.1. The number of Topliss-reactive ketones (excluding diaryl/α,β-unsaturated/α-hetero) is 3. The zero-order valence-corrected chi connectivity index (χ0v) is 40.3. The van der Waals surface area contributed by atoms with E-state index in [1.165, 1.54) is 14.2 Å². The first kappa shape index (κ1) is 53.6. The predicted molar refractivity (Wildman–Crippen MR) is 251 cm³/mol. The minimum absolute atomic E-state index is 0.0178. The van der Waals surface area contributed by atoms with E-state index >= 15 is 0 Å². The minimum atomic E-state index is -0.541. The summed E-state index contributed by atoms with van der Waals surface area (Å²) in [4.78, 5) is 81.0. The number of rotatable bonds is 30. The number of unbranched alkanes of at least 4 members (excludes halogenated alkanes) is 8. The third-order valence-corrected chi connectivity index (χ3v) is 12.2. The number of alkyl carbamates (subject to hydrolysis) is 1. The number of carbonyl (C=O) groups excluding carboxylic acids is 6. The van der Waals surface area contributed by atoms with Gasteiger partial charge in [0.15, 0.2) is 5.78 Å². The fourth-order valence-electron chi connectivity index (χ4n) is 8.82. The van der Waals surface area contributed by atoms with Crippen LogP contribution in [0.4, 0.5) is 4.79 Å². The molecule has 3 rings (SSSR count). The number of carbonyl (C=O) groups is 6. The van der Waals surface area contributed by atoms with Gasteiger partial charge in [0, 0.05) is 42.6 Å². The normalized spacial score (nSPS) is 17.0. The van der Waals surface area contributed by atoms with Crippen LogP contribution in [0.5, 0.6) is 0 Å². The number of ketones is 3. The lowest BCUT2D eigenvalue weighted by atomic mass is 9.89. The molecule has 2 N–H and O–H groups in total.